The zero-order valence-corrected chi connectivity index (χ0v) is 23.8. The Morgan fingerprint density at radius 1 is 0.897 bits per heavy atom. The number of nitrogens with one attached hydrogen (secondary N) is 1. The average molecular weight is 554 g/mol. The van der Waals surface area contributed by atoms with Gasteiger partial charge in [0.2, 0.25) is 11.8 Å². The minimum absolute atomic E-state index is 0.0399. The van der Waals surface area contributed by atoms with Crippen LogP contribution >= 0.6 is 0 Å². The standard InChI is InChI=1S/C30H36FN3O4S/c1-6-24-11-8-10-14-28(24)34(39(37,38)26-17-15-22(4)16-18-26)20-29(35)33(23(5)30(36)32-21(2)3)19-25-12-7-9-13-27(25)31/h7-18,21,23H,6,19-20H2,1-5H3,(H,32,36)/t23-/m1/s1. The van der Waals surface area contributed by atoms with Gasteiger partial charge < -0.3 is 10.2 Å². The Labute approximate surface area is 230 Å². The van der Waals surface area contributed by atoms with Gasteiger partial charge in [-0.15, -0.1) is 0 Å². The number of aryl methyl sites for hydroxylation is 2. The molecular weight excluding hydrogens is 517 g/mol. The van der Waals surface area contributed by atoms with Gasteiger partial charge in [-0.05, 0) is 63.9 Å². The number of halogens is 1. The second-order valence-electron chi connectivity index (χ2n) is 9.76. The number of anilines is 1. The average Bonchev–Trinajstić information content (AvgIpc) is 2.90. The molecule has 0 heterocycles. The third-order valence-corrected chi connectivity index (χ3v) is 8.20. The molecule has 0 aromatic heterocycles. The molecule has 0 bridgehead atoms. The van der Waals surface area contributed by atoms with E-state index in [9.17, 15) is 22.4 Å². The molecule has 3 aromatic carbocycles. The van der Waals surface area contributed by atoms with Crippen molar-refractivity contribution in [2.45, 2.75) is 64.6 Å². The molecule has 0 fully saturated rings. The number of hydrogen-bond acceptors (Lipinski definition) is 4. The van der Waals surface area contributed by atoms with Crippen LogP contribution in [-0.2, 0) is 32.6 Å². The molecule has 0 saturated heterocycles. The molecule has 3 rings (SSSR count). The van der Waals surface area contributed by atoms with Crippen LogP contribution < -0.4 is 9.62 Å². The smallest absolute Gasteiger partial charge is 0.264 e. The summed E-state index contributed by atoms with van der Waals surface area (Å²) in [7, 11) is -4.17. The monoisotopic (exact) mass is 553 g/mol. The number of nitrogens with zero attached hydrogens (tertiary/aromatic N) is 2. The highest BCUT2D eigenvalue weighted by Crippen LogP contribution is 2.28. The molecule has 2 amide bonds. The fraction of sp³-hybridized carbons (Fsp3) is 0.333. The molecule has 1 N–H and O–H groups in total. The topological polar surface area (TPSA) is 86.8 Å². The molecular formula is C30H36FN3O4S. The summed E-state index contributed by atoms with van der Waals surface area (Å²) >= 11 is 0. The van der Waals surface area contributed by atoms with Gasteiger partial charge in [0.25, 0.3) is 10.0 Å². The van der Waals surface area contributed by atoms with Gasteiger partial charge in [-0.2, -0.15) is 0 Å². The zero-order chi connectivity index (χ0) is 28.7. The lowest BCUT2D eigenvalue weighted by Gasteiger charge is -2.33. The number of carbonyl (C=O) groups is 2. The predicted octanol–water partition coefficient (Wildman–Crippen LogP) is 4.83. The lowest BCUT2D eigenvalue weighted by atomic mass is 10.1. The van der Waals surface area contributed by atoms with Crippen molar-refractivity contribution in [3.8, 4) is 0 Å². The molecule has 0 aliphatic heterocycles. The highest BCUT2D eigenvalue weighted by molar-refractivity contribution is 7.92. The second-order valence-corrected chi connectivity index (χ2v) is 11.6. The van der Waals surface area contributed by atoms with Crippen molar-refractivity contribution in [3.05, 3.63) is 95.3 Å². The van der Waals surface area contributed by atoms with Crippen molar-refractivity contribution >= 4 is 27.5 Å². The van der Waals surface area contributed by atoms with Crippen LogP contribution in [0, 0.1) is 12.7 Å². The number of amides is 2. The summed E-state index contributed by atoms with van der Waals surface area (Å²) in [4.78, 5) is 28.1. The Morgan fingerprint density at radius 3 is 2.08 bits per heavy atom. The summed E-state index contributed by atoms with van der Waals surface area (Å²) in [5, 5.41) is 2.78. The molecule has 0 aliphatic rings. The van der Waals surface area contributed by atoms with E-state index in [1.165, 1.54) is 35.2 Å². The van der Waals surface area contributed by atoms with E-state index in [1.807, 2.05) is 26.0 Å². The van der Waals surface area contributed by atoms with Gasteiger partial charge in [-0.3, -0.25) is 13.9 Å². The fourth-order valence-electron chi connectivity index (χ4n) is 4.20. The predicted molar refractivity (Wildman–Crippen MR) is 151 cm³/mol. The number of para-hydroxylation sites is 1. The van der Waals surface area contributed by atoms with Gasteiger partial charge >= 0.3 is 0 Å². The molecule has 0 radical (unpaired) electrons. The molecule has 0 aliphatic carbocycles. The van der Waals surface area contributed by atoms with Crippen LogP contribution in [0.25, 0.3) is 0 Å². The number of benzene rings is 3. The second kappa shape index (κ2) is 12.9. The Hall–Kier alpha value is -3.72. The van der Waals surface area contributed by atoms with E-state index in [0.717, 1.165) is 15.4 Å². The molecule has 3 aromatic rings. The summed E-state index contributed by atoms with van der Waals surface area (Å²) in [5.41, 5.74) is 2.23. The maximum absolute atomic E-state index is 14.6. The Balaban J connectivity index is 2.08. The van der Waals surface area contributed by atoms with Crippen LogP contribution in [0.2, 0.25) is 0 Å². The van der Waals surface area contributed by atoms with Crippen LogP contribution in [0.15, 0.2) is 77.7 Å². The van der Waals surface area contributed by atoms with E-state index >= 15 is 0 Å². The molecule has 0 saturated carbocycles. The maximum atomic E-state index is 14.6. The van der Waals surface area contributed by atoms with Crippen LogP contribution in [0.1, 0.15) is 44.4 Å². The quantitative estimate of drug-likeness (QED) is 0.368. The molecule has 39 heavy (non-hydrogen) atoms. The van der Waals surface area contributed by atoms with E-state index in [4.69, 9.17) is 0 Å². The summed E-state index contributed by atoms with van der Waals surface area (Å²) in [6.45, 7) is 8.13. The van der Waals surface area contributed by atoms with Gasteiger partial charge in [0, 0.05) is 18.2 Å². The van der Waals surface area contributed by atoms with Gasteiger partial charge in [0.05, 0.1) is 10.6 Å². The molecule has 7 nitrogen and oxygen atoms in total. The fourth-order valence-corrected chi connectivity index (χ4v) is 5.65. The minimum Gasteiger partial charge on any atom is -0.352 e. The molecule has 208 valence electrons. The first kappa shape index (κ1) is 29.8. The largest absolute Gasteiger partial charge is 0.352 e. The van der Waals surface area contributed by atoms with Crippen LogP contribution in [0.5, 0.6) is 0 Å². The molecule has 0 unspecified atom stereocenters. The van der Waals surface area contributed by atoms with Gasteiger partial charge in [-0.1, -0.05) is 61.0 Å². The minimum atomic E-state index is -4.17. The van der Waals surface area contributed by atoms with E-state index in [2.05, 4.69) is 5.32 Å². The number of carbonyl (C=O) groups excluding carboxylic acids is 2. The third-order valence-electron chi connectivity index (χ3n) is 6.43. The molecule has 0 spiro atoms. The van der Waals surface area contributed by atoms with E-state index in [1.54, 1.807) is 51.1 Å². The lowest BCUT2D eigenvalue weighted by Crippen LogP contribution is -2.52. The van der Waals surface area contributed by atoms with E-state index in [0.29, 0.717) is 12.1 Å². The first-order valence-electron chi connectivity index (χ1n) is 13.0. The maximum Gasteiger partial charge on any atom is 0.264 e. The van der Waals surface area contributed by atoms with Crippen LogP contribution in [-0.4, -0.2) is 43.8 Å². The van der Waals surface area contributed by atoms with Gasteiger partial charge in [0.1, 0.15) is 18.4 Å². The van der Waals surface area contributed by atoms with Crippen molar-refractivity contribution < 1.29 is 22.4 Å². The Bertz CT molecular complexity index is 1410. The zero-order valence-electron chi connectivity index (χ0n) is 23.0. The van der Waals surface area contributed by atoms with E-state index < -0.39 is 40.2 Å². The van der Waals surface area contributed by atoms with Crippen molar-refractivity contribution in [3.63, 3.8) is 0 Å². The first-order chi connectivity index (χ1) is 18.4. The van der Waals surface area contributed by atoms with Crippen LogP contribution in [0.4, 0.5) is 10.1 Å². The number of hydrogen-bond donors (Lipinski definition) is 1. The van der Waals surface area contributed by atoms with Crippen LogP contribution in [0.3, 0.4) is 0 Å². The van der Waals surface area contributed by atoms with E-state index in [-0.39, 0.29) is 23.0 Å². The highest BCUT2D eigenvalue weighted by atomic mass is 32.2. The first-order valence-corrected chi connectivity index (χ1v) is 14.4. The van der Waals surface area contributed by atoms with Crippen molar-refractivity contribution in [1.82, 2.24) is 10.2 Å². The lowest BCUT2D eigenvalue weighted by molar-refractivity contribution is -0.139. The summed E-state index contributed by atoms with van der Waals surface area (Å²) in [6.07, 6.45) is 0.538. The van der Waals surface area contributed by atoms with Gasteiger partial charge in [0.15, 0.2) is 0 Å². The normalized spacial score (nSPS) is 12.2. The molecule has 9 heteroatoms. The van der Waals surface area contributed by atoms with Crippen molar-refractivity contribution in [2.75, 3.05) is 10.8 Å². The highest BCUT2D eigenvalue weighted by Gasteiger charge is 2.33. The Kier molecular flexibility index (Phi) is 9.86. The number of rotatable bonds is 11. The SMILES string of the molecule is CCc1ccccc1N(CC(=O)N(Cc1ccccc1F)[C@H](C)C(=O)NC(C)C)S(=O)(=O)c1ccc(C)cc1. The van der Waals surface area contributed by atoms with Gasteiger partial charge in [-0.25, -0.2) is 12.8 Å². The van der Waals surface area contributed by atoms with Crippen molar-refractivity contribution in [1.29, 1.82) is 0 Å². The summed E-state index contributed by atoms with van der Waals surface area (Å²) in [6, 6.07) is 18.2. The summed E-state index contributed by atoms with van der Waals surface area (Å²) in [5.74, 6) is -1.57. The third kappa shape index (κ3) is 7.23. The van der Waals surface area contributed by atoms with Crippen molar-refractivity contribution in [2.24, 2.45) is 0 Å². The Morgan fingerprint density at radius 2 is 1.49 bits per heavy atom. The molecule has 1 atom stereocenters. The number of sulfonamides is 1. The summed E-state index contributed by atoms with van der Waals surface area (Å²) < 4.78 is 43.6.